The average molecular weight is 628 g/mol. The van der Waals surface area contributed by atoms with Gasteiger partial charge in [-0.2, -0.15) is 0 Å². The number of rotatable bonds is 28. The number of amides is 1. The molecule has 0 aliphatic carbocycles. The number of unbranched alkanes of at least 4 members (excludes halogenated alkanes) is 10. The SMILES string of the molecule is C/C=C/CC/C=C/CC/C=C/C(O)C(COP(=O)(O)OCC[N+](C)(C)C)NC(=O)CCCCCCC/C=C\CCCCC. The van der Waals surface area contributed by atoms with E-state index in [-0.39, 0.29) is 19.1 Å². The van der Waals surface area contributed by atoms with E-state index in [2.05, 4.69) is 42.6 Å². The highest BCUT2D eigenvalue weighted by Gasteiger charge is 2.27. The molecule has 3 N–H and O–H groups in total. The summed E-state index contributed by atoms with van der Waals surface area (Å²) >= 11 is 0. The van der Waals surface area contributed by atoms with Crippen molar-refractivity contribution in [2.45, 2.75) is 122 Å². The van der Waals surface area contributed by atoms with Gasteiger partial charge in [-0.15, -0.1) is 0 Å². The van der Waals surface area contributed by atoms with Crippen LogP contribution in [0.3, 0.4) is 0 Å². The van der Waals surface area contributed by atoms with Crippen molar-refractivity contribution in [3.05, 3.63) is 48.6 Å². The first kappa shape index (κ1) is 41.5. The second-order valence-electron chi connectivity index (χ2n) is 12.2. The van der Waals surface area contributed by atoms with E-state index in [1.165, 1.54) is 32.1 Å². The van der Waals surface area contributed by atoms with Gasteiger partial charge < -0.3 is 19.8 Å². The third-order valence-electron chi connectivity index (χ3n) is 6.84. The lowest BCUT2D eigenvalue weighted by atomic mass is 10.1. The molecule has 0 bridgehead atoms. The standard InChI is InChI=1S/C34H63N2O6P/c1-6-8-10-12-14-16-17-18-20-22-24-26-28-34(38)35-32(31-42-43(39,40)41-30-29-36(3,4)5)33(37)27-25-23-21-19-15-13-11-9-7-2/h7,9,14-16,19,25,27,32-33,37H,6,8,10-13,17-18,20-24,26,28-31H2,1-5H3,(H-,35,38,39,40)/p+1/b9-7+,16-14-,19-15+,27-25+. The lowest BCUT2D eigenvalue weighted by molar-refractivity contribution is -0.870. The second-order valence-corrected chi connectivity index (χ2v) is 13.6. The number of phosphoric ester groups is 1. The first-order chi connectivity index (χ1) is 20.5. The molecule has 0 heterocycles. The number of hydrogen-bond donors (Lipinski definition) is 3. The van der Waals surface area contributed by atoms with Crippen LogP contribution in [0.15, 0.2) is 48.6 Å². The van der Waals surface area contributed by atoms with E-state index in [4.69, 9.17) is 9.05 Å². The Balaban J connectivity index is 4.68. The van der Waals surface area contributed by atoms with E-state index in [1.54, 1.807) is 6.08 Å². The van der Waals surface area contributed by atoms with E-state index >= 15 is 0 Å². The summed E-state index contributed by atoms with van der Waals surface area (Å²) in [5.74, 6) is -0.209. The molecular formula is C34H64N2O6P+. The fourth-order valence-corrected chi connectivity index (χ4v) is 4.87. The fourth-order valence-electron chi connectivity index (χ4n) is 4.13. The maximum Gasteiger partial charge on any atom is 0.472 e. The van der Waals surface area contributed by atoms with Gasteiger partial charge in [-0.1, -0.05) is 87.6 Å². The van der Waals surface area contributed by atoms with E-state index < -0.39 is 20.0 Å². The predicted molar refractivity (Wildman–Crippen MR) is 180 cm³/mol. The van der Waals surface area contributed by atoms with Crippen molar-refractivity contribution in [2.75, 3.05) is 40.9 Å². The van der Waals surface area contributed by atoms with Crippen molar-refractivity contribution < 1.29 is 32.9 Å². The molecule has 1 amide bonds. The molecule has 0 aromatic carbocycles. The highest BCUT2D eigenvalue weighted by atomic mass is 31.2. The van der Waals surface area contributed by atoms with Crippen molar-refractivity contribution in [3.63, 3.8) is 0 Å². The smallest absolute Gasteiger partial charge is 0.387 e. The molecule has 0 saturated carbocycles. The van der Waals surface area contributed by atoms with Crippen LogP contribution in [-0.2, 0) is 18.4 Å². The Bertz CT molecular complexity index is 850. The Hall–Kier alpha value is -1.54. The number of nitrogens with zero attached hydrogens (tertiary/aromatic N) is 1. The Morgan fingerprint density at radius 1 is 0.814 bits per heavy atom. The molecular weight excluding hydrogens is 563 g/mol. The summed E-state index contributed by atoms with van der Waals surface area (Å²) < 4.78 is 23.3. The Labute approximate surface area is 263 Å². The Morgan fingerprint density at radius 3 is 2.00 bits per heavy atom. The van der Waals surface area contributed by atoms with E-state index in [9.17, 15) is 19.4 Å². The number of phosphoric acid groups is 1. The van der Waals surface area contributed by atoms with Crippen LogP contribution in [0.5, 0.6) is 0 Å². The van der Waals surface area contributed by atoms with Crippen LogP contribution in [-0.4, -0.2) is 73.4 Å². The summed E-state index contributed by atoms with van der Waals surface area (Å²) in [6.07, 6.45) is 30.6. The molecule has 0 aromatic rings. The molecule has 0 aromatic heterocycles. The van der Waals surface area contributed by atoms with Crippen LogP contribution in [0, 0.1) is 0 Å². The normalized spacial score (nSPS) is 15.6. The summed E-state index contributed by atoms with van der Waals surface area (Å²) in [5, 5.41) is 13.6. The number of carbonyl (C=O) groups is 1. The number of aliphatic hydroxyl groups excluding tert-OH is 1. The minimum absolute atomic E-state index is 0.0499. The van der Waals surface area contributed by atoms with Crippen LogP contribution in [0.1, 0.15) is 110 Å². The van der Waals surface area contributed by atoms with Crippen molar-refractivity contribution in [3.8, 4) is 0 Å². The molecule has 43 heavy (non-hydrogen) atoms. The van der Waals surface area contributed by atoms with E-state index in [0.717, 1.165) is 57.8 Å². The van der Waals surface area contributed by atoms with E-state index in [1.807, 2.05) is 40.2 Å². The van der Waals surface area contributed by atoms with Crippen LogP contribution in [0.25, 0.3) is 0 Å². The molecule has 0 aliphatic heterocycles. The van der Waals surface area contributed by atoms with Gasteiger partial charge in [0.15, 0.2) is 0 Å². The molecule has 250 valence electrons. The van der Waals surface area contributed by atoms with Crippen molar-refractivity contribution >= 4 is 13.7 Å². The number of nitrogens with one attached hydrogen (secondary N) is 1. The van der Waals surface area contributed by atoms with Gasteiger partial charge >= 0.3 is 7.82 Å². The molecule has 0 saturated heterocycles. The lowest BCUT2D eigenvalue weighted by Gasteiger charge is -2.25. The summed E-state index contributed by atoms with van der Waals surface area (Å²) in [7, 11) is 1.52. The molecule has 0 aliphatic rings. The third kappa shape index (κ3) is 29.0. The number of aliphatic hydroxyl groups is 1. The zero-order valence-electron chi connectivity index (χ0n) is 27.9. The van der Waals surface area contributed by atoms with Gasteiger partial charge in [-0.25, -0.2) is 4.57 Å². The summed E-state index contributed by atoms with van der Waals surface area (Å²) in [6, 6.07) is -0.869. The van der Waals surface area contributed by atoms with Gasteiger partial charge in [-0.05, 0) is 64.7 Å². The van der Waals surface area contributed by atoms with E-state index in [0.29, 0.717) is 17.4 Å². The molecule has 0 radical (unpaired) electrons. The maximum absolute atomic E-state index is 12.7. The summed E-state index contributed by atoms with van der Waals surface area (Å²) in [6.45, 7) is 4.47. The molecule has 0 fully saturated rings. The summed E-state index contributed by atoms with van der Waals surface area (Å²) in [4.78, 5) is 22.8. The summed E-state index contributed by atoms with van der Waals surface area (Å²) in [5.41, 5.74) is 0. The second kappa shape index (κ2) is 26.8. The van der Waals surface area contributed by atoms with Crippen LogP contribution < -0.4 is 5.32 Å². The van der Waals surface area contributed by atoms with Crippen LogP contribution in [0.2, 0.25) is 0 Å². The number of hydrogen-bond acceptors (Lipinski definition) is 5. The first-order valence-corrected chi connectivity index (χ1v) is 18.0. The largest absolute Gasteiger partial charge is 0.472 e. The number of quaternary nitrogens is 1. The van der Waals surface area contributed by atoms with Gasteiger partial charge in [0.05, 0.1) is 39.9 Å². The monoisotopic (exact) mass is 627 g/mol. The average Bonchev–Trinajstić information content (AvgIpc) is 2.94. The van der Waals surface area contributed by atoms with Gasteiger partial charge in [0.2, 0.25) is 5.91 Å². The molecule has 0 rings (SSSR count). The highest BCUT2D eigenvalue weighted by molar-refractivity contribution is 7.47. The van der Waals surface area contributed by atoms with Crippen molar-refractivity contribution in [2.24, 2.45) is 0 Å². The van der Waals surface area contributed by atoms with Crippen LogP contribution in [0.4, 0.5) is 0 Å². The van der Waals surface area contributed by atoms with Crippen molar-refractivity contribution in [1.82, 2.24) is 5.32 Å². The Morgan fingerprint density at radius 2 is 1.37 bits per heavy atom. The molecule has 0 spiro atoms. The number of allylic oxidation sites excluding steroid dienone is 7. The zero-order chi connectivity index (χ0) is 32.2. The molecule has 3 atom stereocenters. The van der Waals surface area contributed by atoms with Gasteiger partial charge in [0.25, 0.3) is 0 Å². The zero-order valence-corrected chi connectivity index (χ0v) is 28.8. The topological polar surface area (TPSA) is 105 Å². The lowest BCUT2D eigenvalue weighted by Crippen LogP contribution is -2.45. The number of carbonyl (C=O) groups excluding carboxylic acids is 1. The number of likely N-dealkylation sites (N-methyl/N-ethyl adjacent to an activating group) is 1. The minimum atomic E-state index is -4.33. The first-order valence-electron chi connectivity index (χ1n) is 16.5. The van der Waals surface area contributed by atoms with Crippen molar-refractivity contribution in [1.29, 1.82) is 0 Å². The van der Waals surface area contributed by atoms with Gasteiger partial charge in [0.1, 0.15) is 13.2 Å². The predicted octanol–water partition coefficient (Wildman–Crippen LogP) is 7.79. The molecule has 9 heteroatoms. The highest BCUT2D eigenvalue weighted by Crippen LogP contribution is 2.43. The molecule has 3 unspecified atom stereocenters. The Kier molecular flexibility index (Phi) is 25.9. The minimum Gasteiger partial charge on any atom is -0.387 e. The maximum atomic E-state index is 12.7. The molecule has 8 nitrogen and oxygen atoms in total. The third-order valence-corrected chi connectivity index (χ3v) is 7.83. The van der Waals surface area contributed by atoms with Gasteiger partial charge in [-0.3, -0.25) is 13.8 Å². The quantitative estimate of drug-likeness (QED) is 0.0354. The fraction of sp³-hybridized carbons (Fsp3) is 0.735. The van der Waals surface area contributed by atoms with Crippen LogP contribution >= 0.6 is 7.82 Å². The van der Waals surface area contributed by atoms with Gasteiger partial charge in [0, 0.05) is 6.42 Å².